The topological polar surface area (TPSA) is 63.0 Å². The van der Waals surface area contributed by atoms with E-state index in [0.717, 1.165) is 16.5 Å². The van der Waals surface area contributed by atoms with E-state index in [2.05, 4.69) is 11.6 Å². The molecule has 0 aliphatic heterocycles. The van der Waals surface area contributed by atoms with Crippen molar-refractivity contribution in [3.63, 3.8) is 0 Å². The van der Waals surface area contributed by atoms with Crippen LogP contribution in [0.4, 0.5) is 0 Å². The van der Waals surface area contributed by atoms with E-state index in [1.54, 1.807) is 6.07 Å². The van der Waals surface area contributed by atoms with Crippen molar-refractivity contribution in [1.82, 2.24) is 4.98 Å². The van der Waals surface area contributed by atoms with Crippen molar-refractivity contribution in [3.8, 4) is 6.07 Å². The summed E-state index contributed by atoms with van der Waals surface area (Å²) in [6.45, 7) is 5.43. The number of esters is 1. The van der Waals surface area contributed by atoms with Crippen LogP contribution in [0.5, 0.6) is 0 Å². The summed E-state index contributed by atoms with van der Waals surface area (Å²) in [6, 6.07) is 9.34. The lowest BCUT2D eigenvalue weighted by molar-refractivity contribution is -0.137. The van der Waals surface area contributed by atoms with Gasteiger partial charge in [-0.1, -0.05) is 42.5 Å². The number of carbonyl (C=O) groups is 1. The zero-order chi connectivity index (χ0) is 16.1. The highest BCUT2D eigenvalue weighted by atomic mass is 35.5. The van der Waals surface area contributed by atoms with Crippen LogP contribution in [-0.4, -0.2) is 17.6 Å². The predicted molar refractivity (Wildman–Crippen MR) is 86.2 cm³/mol. The maximum atomic E-state index is 11.7. The molecule has 1 aromatic carbocycles. The molecule has 0 aliphatic rings. The molecule has 0 saturated heterocycles. The van der Waals surface area contributed by atoms with Gasteiger partial charge in [0.05, 0.1) is 5.52 Å². The van der Waals surface area contributed by atoms with Gasteiger partial charge in [0.25, 0.3) is 0 Å². The fourth-order valence-corrected chi connectivity index (χ4v) is 2.14. The molecule has 0 N–H and O–H groups in total. The van der Waals surface area contributed by atoms with E-state index in [-0.39, 0.29) is 17.3 Å². The summed E-state index contributed by atoms with van der Waals surface area (Å²) in [5, 5.41) is 10.2. The Morgan fingerprint density at radius 2 is 2.32 bits per heavy atom. The zero-order valence-corrected chi connectivity index (χ0v) is 12.7. The summed E-state index contributed by atoms with van der Waals surface area (Å²) in [4.78, 5) is 16.1. The molecule has 22 heavy (non-hydrogen) atoms. The number of carbonyl (C=O) groups excluding carboxylic acids is 1. The number of nitriles is 1. The Bertz CT molecular complexity index is 819. The minimum absolute atomic E-state index is 0.0424. The van der Waals surface area contributed by atoms with Gasteiger partial charge < -0.3 is 4.74 Å². The molecule has 1 aromatic heterocycles. The summed E-state index contributed by atoms with van der Waals surface area (Å²) >= 11 is 6.15. The van der Waals surface area contributed by atoms with Crippen molar-refractivity contribution in [2.45, 2.75) is 6.92 Å². The van der Waals surface area contributed by atoms with Crippen LogP contribution in [0.1, 0.15) is 11.1 Å². The summed E-state index contributed by atoms with van der Waals surface area (Å²) in [5.41, 5.74) is 2.14. The lowest BCUT2D eigenvalue weighted by atomic mass is 10.1. The maximum absolute atomic E-state index is 11.7. The summed E-state index contributed by atoms with van der Waals surface area (Å²) in [6.07, 6.45) is 2.81. The molecule has 0 atom stereocenters. The van der Waals surface area contributed by atoms with E-state index < -0.39 is 5.97 Å². The largest absolute Gasteiger partial charge is 0.457 e. The monoisotopic (exact) mass is 312 g/mol. The van der Waals surface area contributed by atoms with E-state index in [1.807, 2.05) is 31.2 Å². The number of hydrogen-bond donors (Lipinski definition) is 0. The number of benzene rings is 1. The number of pyridine rings is 1. The molecule has 0 radical (unpaired) electrons. The van der Waals surface area contributed by atoms with Gasteiger partial charge in [-0.3, -0.25) is 0 Å². The average Bonchev–Trinajstić information content (AvgIpc) is 2.51. The third-order valence-corrected chi connectivity index (χ3v) is 3.30. The SMILES string of the molecule is C=CCOC(=O)/C(C#N)=C/c1cc2cccc(C)c2nc1Cl. The molecular weight excluding hydrogens is 300 g/mol. The van der Waals surface area contributed by atoms with Crippen LogP contribution in [0.3, 0.4) is 0 Å². The van der Waals surface area contributed by atoms with Gasteiger partial charge in [-0.2, -0.15) is 5.26 Å². The van der Waals surface area contributed by atoms with Crippen LogP contribution in [0.25, 0.3) is 17.0 Å². The first-order chi connectivity index (χ1) is 10.6. The van der Waals surface area contributed by atoms with Crippen molar-refractivity contribution in [3.05, 3.63) is 58.8 Å². The van der Waals surface area contributed by atoms with E-state index in [4.69, 9.17) is 21.6 Å². The summed E-state index contributed by atoms with van der Waals surface area (Å²) in [7, 11) is 0. The van der Waals surface area contributed by atoms with Crippen LogP contribution in [0.2, 0.25) is 5.15 Å². The molecule has 2 rings (SSSR count). The predicted octanol–water partition coefficient (Wildman–Crippen LogP) is 3.83. The number of fused-ring (bicyclic) bond motifs is 1. The second-order valence-electron chi connectivity index (χ2n) is 4.57. The molecule has 4 nitrogen and oxygen atoms in total. The van der Waals surface area contributed by atoms with Gasteiger partial charge >= 0.3 is 5.97 Å². The van der Waals surface area contributed by atoms with E-state index in [1.165, 1.54) is 12.2 Å². The van der Waals surface area contributed by atoms with Crippen molar-refractivity contribution in [2.75, 3.05) is 6.61 Å². The number of ether oxygens (including phenoxy) is 1. The Labute approximate surface area is 133 Å². The number of para-hydroxylation sites is 1. The molecule has 0 bridgehead atoms. The number of halogens is 1. The summed E-state index contributed by atoms with van der Waals surface area (Å²) in [5.74, 6) is -0.720. The molecular formula is C17H13ClN2O2. The second-order valence-corrected chi connectivity index (χ2v) is 4.93. The number of nitrogens with zero attached hydrogens (tertiary/aromatic N) is 2. The number of hydrogen-bond acceptors (Lipinski definition) is 4. The highest BCUT2D eigenvalue weighted by Crippen LogP contribution is 2.24. The van der Waals surface area contributed by atoms with E-state index in [9.17, 15) is 4.79 Å². The smallest absolute Gasteiger partial charge is 0.349 e. The number of aryl methyl sites for hydroxylation is 1. The van der Waals surface area contributed by atoms with Gasteiger partial charge in [0, 0.05) is 10.9 Å². The molecule has 0 amide bonds. The maximum Gasteiger partial charge on any atom is 0.349 e. The number of rotatable bonds is 4. The molecule has 2 aromatic rings. The molecule has 5 heteroatoms. The van der Waals surface area contributed by atoms with Crippen molar-refractivity contribution in [2.24, 2.45) is 0 Å². The van der Waals surface area contributed by atoms with Gasteiger partial charge in [-0.25, -0.2) is 9.78 Å². The van der Waals surface area contributed by atoms with E-state index >= 15 is 0 Å². The molecule has 0 unspecified atom stereocenters. The summed E-state index contributed by atoms with van der Waals surface area (Å²) < 4.78 is 4.85. The zero-order valence-electron chi connectivity index (χ0n) is 12.0. The molecule has 0 fully saturated rings. The molecule has 110 valence electrons. The van der Waals surface area contributed by atoms with Gasteiger partial charge in [0.2, 0.25) is 0 Å². The highest BCUT2D eigenvalue weighted by molar-refractivity contribution is 6.31. The number of aromatic nitrogens is 1. The Hall–Kier alpha value is -2.64. The Morgan fingerprint density at radius 3 is 3.00 bits per heavy atom. The standard InChI is InChI=1S/C17H13ClN2O2/c1-3-7-22-17(21)14(10-19)9-13-8-12-6-4-5-11(2)15(12)20-16(13)18/h3-6,8-9H,1,7H2,2H3/b14-9+. The first-order valence-electron chi connectivity index (χ1n) is 6.52. The average molecular weight is 313 g/mol. The highest BCUT2D eigenvalue weighted by Gasteiger charge is 2.12. The van der Waals surface area contributed by atoms with Crippen LogP contribution >= 0.6 is 11.6 Å². The van der Waals surface area contributed by atoms with Crippen LogP contribution in [-0.2, 0) is 9.53 Å². The minimum atomic E-state index is -0.720. The fraction of sp³-hybridized carbons (Fsp3) is 0.118. The quantitative estimate of drug-likeness (QED) is 0.283. The molecule has 0 aliphatic carbocycles. The fourth-order valence-electron chi connectivity index (χ4n) is 1.95. The van der Waals surface area contributed by atoms with Gasteiger partial charge in [0.15, 0.2) is 0 Å². The van der Waals surface area contributed by atoms with E-state index in [0.29, 0.717) is 5.56 Å². The Kier molecular flexibility index (Phi) is 4.92. The second kappa shape index (κ2) is 6.88. The van der Waals surface area contributed by atoms with Crippen molar-refractivity contribution in [1.29, 1.82) is 5.26 Å². The van der Waals surface area contributed by atoms with Gasteiger partial charge in [-0.05, 0) is 24.6 Å². The lowest BCUT2D eigenvalue weighted by Gasteiger charge is -2.05. The Morgan fingerprint density at radius 1 is 1.55 bits per heavy atom. The molecule has 0 spiro atoms. The molecule has 0 saturated carbocycles. The van der Waals surface area contributed by atoms with Crippen LogP contribution < -0.4 is 0 Å². The van der Waals surface area contributed by atoms with Crippen LogP contribution in [0.15, 0.2) is 42.5 Å². The third-order valence-electron chi connectivity index (χ3n) is 3.00. The lowest BCUT2D eigenvalue weighted by Crippen LogP contribution is -2.06. The van der Waals surface area contributed by atoms with Crippen molar-refractivity contribution < 1.29 is 9.53 Å². The normalized spacial score (nSPS) is 11.0. The third kappa shape index (κ3) is 3.33. The first-order valence-corrected chi connectivity index (χ1v) is 6.90. The van der Waals surface area contributed by atoms with Gasteiger partial charge in [-0.15, -0.1) is 0 Å². The first kappa shape index (κ1) is 15.7. The van der Waals surface area contributed by atoms with Crippen LogP contribution in [0, 0.1) is 18.3 Å². The molecule has 1 heterocycles. The van der Waals surface area contributed by atoms with Gasteiger partial charge in [0.1, 0.15) is 23.4 Å². The Balaban J connectivity index is 2.47. The van der Waals surface area contributed by atoms with Crippen molar-refractivity contribution >= 4 is 34.5 Å². The minimum Gasteiger partial charge on any atom is -0.457 e.